The monoisotopic (exact) mass is 389 g/mol. The molecule has 1 aliphatic carbocycles. The third kappa shape index (κ3) is 5.47. The van der Waals surface area contributed by atoms with E-state index < -0.39 is 0 Å². The van der Waals surface area contributed by atoms with Crippen LogP contribution in [0.5, 0.6) is 0 Å². The van der Waals surface area contributed by atoms with E-state index in [1.165, 1.54) is 12.1 Å². The summed E-state index contributed by atoms with van der Waals surface area (Å²) < 4.78 is 13.1. The van der Waals surface area contributed by atoms with Gasteiger partial charge in [-0.2, -0.15) is 0 Å². The summed E-state index contributed by atoms with van der Waals surface area (Å²) in [5.41, 5.74) is 1.07. The lowest BCUT2D eigenvalue weighted by Gasteiger charge is -2.34. The van der Waals surface area contributed by atoms with Crippen LogP contribution in [0.2, 0.25) is 0 Å². The Morgan fingerprint density at radius 2 is 1.57 bits per heavy atom. The van der Waals surface area contributed by atoms with Crippen LogP contribution < -0.4 is 5.32 Å². The molecule has 7 heteroatoms. The second-order valence-corrected chi connectivity index (χ2v) is 7.42. The Labute approximate surface area is 165 Å². The Bertz CT molecular complexity index is 692. The second kappa shape index (κ2) is 9.91. The fraction of sp³-hybridized carbons (Fsp3) is 0.524. The number of aliphatic hydroxyl groups is 1. The minimum atomic E-state index is -0.322. The molecule has 0 spiro atoms. The van der Waals surface area contributed by atoms with Gasteiger partial charge in [0.25, 0.3) is 0 Å². The van der Waals surface area contributed by atoms with E-state index in [0.717, 1.165) is 44.8 Å². The third-order valence-corrected chi connectivity index (χ3v) is 5.51. The van der Waals surface area contributed by atoms with E-state index in [1.54, 1.807) is 18.3 Å². The summed E-state index contributed by atoms with van der Waals surface area (Å²) in [7, 11) is 0. The summed E-state index contributed by atoms with van der Waals surface area (Å²) in [6, 6.07) is 6.02. The average Bonchev–Trinajstić information content (AvgIpc) is 2.68. The van der Waals surface area contributed by atoms with Gasteiger partial charge in [0.05, 0.1) is 12.2 Å². The van der Waals surface area contributed by atoms with Crippen molar-refractivity contribution in [2.45, 2.75) is 18.8 Å². The van der Waals surface area contributed by atoms with Crippen LogP contribution in [0.25, 0.3) is 0 Å². The fourth-order valence-electron chi connectivity index (χ4n) is 3.80. The molecule has 6 nitrogen and oxygen atoms in total. The molecule has 0 amide bonds. The van der Waals surface area contributed by atoms with Crippen LogP contribution in [0, 0.1) is 5.82 Å². The molecule has 1 saturated carbocycles. The number of hydrogen-bond donors (Lipinski definition) is 2. The maximum atomic E-state index is 13.1. The first-order valence-electron chi connectivity index (χ1n) is 9.88. The van der Waals surface area contributed by atoms with Crippen molar-refractivity contribution in [3.05, 3.63) is 47.4 Å². The van der Waals surface area contributed by atoms with Crippen molar-refractivity contribution in [1.82, 2.24) is 15.1 Å². The van der Waals surface area contributed by atoms with Gasteiger partial charge < -0.3 is 10.4 Å². The number of nitrogens with zero attached hydrogens (tertiary/aromatic N) is 2. The molecule has 3 rings (SSSR count). The Kier molecular flexibility index (Phi) is 7.30. The van der Waals surface area contributed by atoms with Crippen molar-refractivity contribution >= 4 is 11.6 Å². The standard InChI is InChI=1S/C21H28FN3O3/c22-18-3-1-16(2-4-18)17-13-20(27)19(21(28)14-17)15-23-5-6-24-7-9-25(10-8-24)11-12-26/h1-4,15,17,23,26H,5-14H2. The number of hydrogen-bond acceptors (Lipinski definition) is 6. The molecule has 0 atom stereocenters. The Hall–Kier alpha value is -2.09. The van der Waals surface area contributed by atoms with Crippen LogP contribution in [-0.2, 0) is 9.59 Å². The molecule has 0 radical (unpaired) electrons. The lowest BCUT2D eigenvalue weighted by Crippen LogP contribution is -2.48. The highest BCUT2D eigenvalue weighted by atomic mass is 19.1. The number of piperazine rings is 1. The zero-order valence-corrected chi connectivity index (χ0v) is 16.1. The van der Waals surface area contributed by atoms with Gasteiger partial charge in [-0.15, -0.1) is 0 Å². The highest BCUT2D eigenvalue weighted by molar-refractivity contribution is 6.22. The smallest absolute Gasteiger partial charge is 0.168 e. The van der Waals surface area contributed by atoms with Crippen molar-refractivity contribution in [3.8, 4) is 0 Å². The first kappa shape index (κ1) is 20.6. The van der Waals surface area contributed by atoms with Crippen molar-refractivity contribution in [1.29, 1.82) is 0 Å². The number of carbonyl (C=O) groups is 2. The molecule has 152 valence electrons. The van der Waals surface area contributed by atoms with Gasteiger partial charge in [0, 0.05) is 64.9 Å². The Morgan fingerprint density at radius 3 is 2.14 bits per heavy atom. The number of halogens is 1. The third-order valence-electron chi connectivity index (χ3n) is 5.51. The molecule has 1 saturated heterocycles. The van der Waals surface area contributed by atoms with E-state index in [2.05, 4.69) is 15.1 Å². The predicted molar refractivity (Wildman–Crippen MR) is 104 cm³/mol. The molecule has 28 heavy (non-hydrogen) atoms. The second-order valence-electron chi connectivity index (χ2n) is 7.42. The SMILES string of the molecule is O=C1CC(c2ccc(F)cc2)CC(=O)C1=CNCCN1CCN(CCO)CC1. The lowest BCUT2D eigenvalue weighted by molar-refractivity contribution is -0.124. The minimum Gasteiger partial charge on any atom is -0.395 e. The summed E-state index contributed by atoms with van der Waals surface area (Å²) in [4.78, 5) is 29.4. The maximum Gasteiger partial charge on any atom is 0.168 e. The first-order valence-corrected chi connectivity index (χ1v) is 9.88. The van der Waals surface area contributed by atoms with Gasteiger partial charge in [-0.1, -0.05) is 12.1 Å². The van der Waals surface area contributed by atoms with Crippen LogP contribution in [0.15, 0.2) is 36.0 Å². The predicted octanol–water partition coefficient (Wildman–Crippen LogP) is 0.925. The molecule has 1 heterocycles. The molecule has 0 unspecified atom stereocenters. The Morgan fingerprint density at radius 1 is 1.00 bits per heavy atom. The van der Waals surface area contributed by atoms with E-state index in [4.69, 9.17) is 5.11 Å². The topological polar surface area (TPSA) is 72.9 Å². The fourth-order valence-corrected chi connectivity index (χ4v) is 3.80. The van der Waals surface area contributed by atoms with Gasteiger partial charge in [0.15, 0.2) is 11.6 Å². The summed E-state index contributed by atoms with van der Waals surface area (Å²) in [6.45, 7) is 6.24. The van der Waals surface area contributed by atoms with Crippen LogP contribution in [0.4, 0.5) is 4.39 Å². The van der Waals surface area contributed by atoms with Crippen molar-refractivity contribution < 1.29 is 19.1 Å². The molecular formula is C21H28FN3O3. The number of benzene rings is 1. The van der Waals surface area contributed by atoms with Gasteiger partial charge in [-0.25, -0.2) is 4.39 Å². The largest absolute Gasteiger partial charge is 0.395 e. The molecule has 0 aromatic heterocycles. The van der Waals surface area contributed by atoms with Gasteiger partial charge >= 0.3 is 0 Å². The van der Waals surface area contributed by atoms with Crippen molar-refractivity contribution in [2.24, 2.45) is 0 Å². The number of carbonyl (C=O) groups excluding carboxylic acids is 2. The van der Waals surface area contributed by atoms with E-state index in [1.807, 2.05) is 0 Å². The molecule has 2 fully saturated rings. The summed E-state index contributed by atoms with van der Waals surface area (Å²) in [5.74, 6) is -0.809. The van der Waals surface area contributed by atoms with Crippen LogP contribution in [0.1, 0.15) is 24.3 Å². The van der Waals surface area contributed by atoms with E-state index in [9.17, 15) is 14.0 Å². The Balaban J connectivity index is 1.44. The zero-order valence-electron chi connectivity index (χ0n) is 16.1. The highest BCUT2D eigenvalue weighted by Gasteiger charge is 2.31. The van der Waals surface area contributed by atoms with Crippen molar-refractivity contribution in [3.63, 3.8) is 0 Å². The number of nitrogens with one attached hydrogen (secondary N) is 1. The molecule has 2 aliphatic rings. The zero-order chi connectivity index (χ0) is 19.9. The van der Waals surface area contributed by atoms with E-state index >= 15 is 0 Å². The maximum absolute atomic E-state index is 13.1. The number of allylic oxidation sites excluding steroid dienone is 1. The van der Waals surface area contributed by atoms with Gasteiger partial charge in [0.1, 0.15) is 5.82 Å². The summed E-state index contributed by atoms with van der Waals surface area (Å²) >= 11 is 0. The van der Waals surface area contributed by atoms with E-state index in [-0.39, 0.29) is 48.3 Å². The quantitative estimate of drug-likeness (QED) is 0.411. The molecule has 1 aliphatic heterocycles. The van der Waals surface area contributed by atoms with Gasteiger partial charge in [0.2, 0.25) is 0 Å². The van der Waals surface area contributed by atoms with Crippen LogP contribution in [-0.4, -0.2) is 78.9 Å². The van der Waals surface area contributed by atoms with Crippen LogP contribution in [0.3, 0.4) is 0 Å². The summed E-state index contributed by atoms with van der Waals surface area (Å²) in [6.07, 6.45) is 2.11. The first-order chi connectivity index (χ1) is 13.6. The molecule has 0 bridgehead atoms. The summed E-state index contributed by atoms with van der Waals surface area (Å²) in [5, 5.41) is 12.1. The molecular weight excluding hydrogens is 361 g/mol. The van der Waals surface area contributed by atoms with Gasteiger partial charge in [-0.3, -0.25) is 19.4 Å². The normalized spacial score (nSPS) is 21.8. The number of rotatable bonds is 7. The molecule has 1 aromatic carbocycles. The van der Waals surface area contributed by atoms with Crippen LogP contribution >= 0.6 is 0 Å². The minimum absolute atomic E-state index is 0.157. The number of aliphatic hydroxyl groups excluding tert-OH is 1. The number of Topliss-reactive ketones (excluding diaryl/α,β-unsaturated/α-hetero) is 2. The highest BCUT2D eigenvalue weighted by Crippen LogP contribution is 2.31. The van der Waals surface area contributed by atoms with Crippen molar-refractivity contribution in [2.75, 3.05) is 52.4 Å². The van der Waals surface area contributed by atoms with E-state index in [0.29, 0.717) is 6.54 Å². The van der Waals surface area contributed by atoms with Gasteiger partial charge in [-0.05, 0) is 23.6 Å². The molecule has 2 N–H and O–H groups in total. The lowest BCUT2D eigenvalue weighted by atomic mass is 9.80. The average molecular weight is 389 g/mol. The molecule has 1 aromatic rings. The number of β-amino-alcohol motifs (C(OH)–C–C–N with tert-alkyl or cyclic N) is 1. The number of ketones is 2.